The van der Waals surface area contributed by atoms with Crippen LogP contribution in [-0.4, -0.2) is 18.9 Å². The minimum atomic E-state index is -0.401. The minimum Gasteiger partial charge on any atom is -0.497 e. The Morgan fingerprint density at radius 2 is 1.61 bits per heavy atom. The Kier molecular flexibility index (Phi) is 4.72. The number of amides is 1. The fourth-order valence-corrected chi connectivity index (χ4v) is 3.01. The van der Waals surface area contributed by atoms with Crippen LogP contribution in [0.3, 0.4) is 0 Å². The average molecular weight is 372 g/mol. The summed E-state index contributed by atoms with van der Waals surface area (Å²) in [7, 11) is 1.59. The van der Waals surface area contributed by atoms with E-state index in [2.05, 4.69) is 4.99 Å². The van der Waals surface area contributed by atoms with Crippen LogP contribution in [0.5, 0.6) is 5.75 Å². The van der Waals surface area contributed by atoms with Crippen LogP contribution in [0.15, 0.2) is 89.6 Å². The summed E-state index contributed by atoms with van der Waals surface area (Å²) in [5.41, 5.74) is 1.95. The van der Waals surface area contributed by atoms with Crippen molar-refractivity contribution in [1.29, 1.82) is 0 Å². The van der Waals surface area contributed by atoms with E-state index in [0.29, 0.717) is 22.8 Å². The minimum absolute atomic E-state index is 0.180. The molecule has 0 aromatic heterocycles. The van der Waals surface area contributed by atoms with Gasteiger partial charge < -0.3 is 4.74 Å². The third-order valence-electron chi connectivity index (χ3n) is 4.42. The van der Waals surface area contributed by atoms with Gasteiger partial charge in [0.25, 0.3) is 5.91 Å². The molecular weight excluding hydrogens is 355 g/mol. The van der Waals surface area contributed by atoms with Crippen LogP contribution in [0.1, 0.15) is 11.1 Å². The predicted octanol–water partition coefficient (Wildman–Crippen LogP) is 4.67. The topological polar surface area (TPSA) is 41.9 Å². The number of ether oxygens (including phenoxy) is 1. The lowest BCUT2D eigenvalue weighted by molar-refractivity contribution is -0.113. The van der Waals surface area contributed by atoms with Crippen LogP contribution in [-0.2, 0) is 4.79 Å². The molecule has 5 heteroatoms. The summed E-state index contributed by atoms with van der Waals surface area (Å²) in [6.45, 7) is 0. The van der Waals surface area contributed by atoms with Gasteiger partial charge in [0.15, 0.2) is 0 Å². The summed E-state index contributed by atoms with van der Waals surface area (Å²) < 4.78 is 19.3. The molecule has 0 radical (unpaired) electrons. The van der Waals surface area contributed by atoms with E-state index in [9.17, 15) is 9.18 Å². The lowest BCUT2D eigenvalue weighted by atomic mass is 10.1. The number of amidine groups is 1. The van der Waals surface area contributed by atoms with Crippen molar-refractivity contribution in [3.63, 3.8) is 0 Å². The quantitative estimate of drug-likeness (QED) is 0.625. The number of carbonyl (C=O) groups is 1. The Balaban J connectivity index is 1.82. The number of nitrogens with zero attached hydrogens (tertiary/aromatic N) is 2. The Hall–Kier alpha value is -3.73. The summed E-state index contributed by atoms with van der Waals surface area (Å²) in [4.78, 5) is 19.2. The standard InChI is InChI=1S/C23H17FN2O2/c1-28-19-13-11-16(12-14-19)22-25-21(15-17-7-5-6-10-20(17)24)23(27)26(22)18-8-3-2-4-9-18/h2-15H,1H3. The van der Waals surface area contributed by atoms with Crippen molar-refractivity contribution in [2.45, 2.75) is 0 Å². The van der Waals surface area contributed by atoms with Crippen molar-refractivity contribution in [1.82, 2.24) is 0 Å². The Bertz CT molecular complexity index is 1070. The zero-order valence-corrected chi connectivity index (χ0v) is 15.2. The maximum atomic E-state index is 14.1. The average Bonchev–Trinajstić information content (AvgIpc) is 3.06. The first kappa shape index (κ1) is 17.7. The van der Waals surface area contributed by atoms with Gasteiger partial charge in [0.1, 0.15) is 23.1 Å². The smallest absolute Gasteiger partial charge is 0.282 e. The maximum absolute atomic E-state index is 14.1. The van der Waals surface area contributed by atoms with Crippen molar-refractivity contribution in [2.75, 3.05) is 12.0 Å². The lowest BCUT2D eigenvalue weighted by Gasteiger charge is -2.18. The van der Waals surface area contributed by atoms with Gasteiger partial charge in [0, 0.05) is 11.1 Å². The van der Waals surface area contributed by atoms with E-state index in [-0.39, 0.29) is 11.6 Å². The van der Waals surface area contributed by atoms with Gasteiger partial charge in [-0.1, -0.05) is 36.4 Å². The summed E-state index contributed by atoms with van der Waals surface area (Å²) in [6, 6.07) is 22.9. The highest BCUT2D eigenvalue weighted by Gasteiger charge is 2.32. The third kappa shape index (κ3) is 3.30. The van der Waals surface area contributed by atoms with Gasteiger partial charge >= 0.3 is 0 Å². The molecule has 0 saturated heterocycles. The van der Waals surface area contributed by atoms with E-state index in [1.165, 1.54) is 17.0 Å². The SMILES string of the molecule is COc1ccc(C2=NC(=Cc3ccccc3F)C(=O)N2c2ccccc2)cc1. The normalized spacial score (nSPS) is 15.1. The number of hydrogen-bond donors (Lipinski definition) is 0. The lowest BCUT2D eigenvalue weighted by Crippen LogP contribution is -2.32. The molecule has 0 saturated carbocycles. The van der Waals surface area contributed by atoms with Gasteiger partial charge in [-0.05, 0) is 48.5 Å². The van der Waals surface area contributed by atoms with Crippen LogP contribution in [0, 0.1) is 5.82 Å². The number of carbonyl (C=O) groups excluding carboxylic acids is 1. The van der Waals surface area contributed by atoms with E-state index in [0.717, 1.165) is 5.56 Å². The number of hydrogen-bond acceptors (Lipinski definition) is 3. The van der Waals surface area contributed by atoms with Crippen LogP contribution >= 0.6 is 0 Å². The van der Waals surface area contributed by atoms with Crippen molar-refractivity contribution >= 4 is 23.5 Å². The molecule has 0 bridgehead atoms. The van der Waals surface area contributed by atoms with Crippen molar-refractivity contribution in [3.8, 4) is 5.75 Å². The largest absolute Gasteiger partial charge is 0.497 e. The maximum Gasteiger partial charge on any atom is 0.282 e. The molecule has 28 heavy (non-hydrogen) atoms. The van der Waals surface area contributed by atoms with Crippen LogP contribution < -0.4 is 9.64 Å². The zero-order valence-electron chi connectivity index (χ0n) is 15.2. The van der Waals surface area contributed by atoms with Gasteiger partial charge in [-0.2, -0.15) is 0 Å². The number of benzene rings is 3. The van der Waals surface area contributed by atoms with E-state index in [4.69, 9.17) is 4.74 Å². The fraction of sp³-hybridized carbons (Fsp3) is 0.0435. The van der Waals surface area contributed by atoms with Crippen LogP contribution in [0.4, 0.5) is 10.1 Å². The summed E-state index contributed by atoms with van der Waals surface area (Å²) in [6.07, 6.45) is 1.48. The van der Waals surface area contributed by atoms with Crippen molar-refractivity contribution in [2.24, 2.45) is 4.99 Å². The highest BCUT2D eigenvalue weighted by molar-refractivity contribution is 6.33. The molecule has 0 spiro atoms. The highest BCUT2D eigenvalue weighted by Crippen LogP contribution is 2.28. The highest BCUT2D eigenvalue weighted by atomic mass is 19.1. The number of halogens is 1. The van der Waals surface area contributed by atoms with Gasteiger partial charge in [-0.15, -0.1) is 0 Å². The number of anilines is 1. The Morgan fingerprint density at radius 3 is 2.29 bits per heavy atom. The number of para-hydroxylation sites is 1. The summed E-state index contributed by atoms with van der Waals surface area (Å²) in [5, 5.41) is 0. The first-order valence-electron chi connectivity index (χ1n) is 8.76. The number of aliphatic imine (C=N–C) groups is 1. The Labute approximate surface area is 162 Å². The summed E-state index contributed by atoms with van der Waals surface area (Å²) in [5.74, 6) is 0.492. The van der Waals surface area contributed by atoms with Gasteiger partial charge in [-0.3, -0.25) is 9.69 Å². The molecule has 138 valence electrons. The molecule has 0 aliphatic carbocycles. The van der Waals surface area contributed by atoms with Gasteiger partial charge in [-0.25, -0.2) is 9.38 Å². The molecule has 1 heterocycles. The molecule has 4 nitrogen and oxygen atoms in total. The molecule has 3 aromatic rings. The van der Waals surface area contributed by atoms with Crippen LogP contribution in [0.2, 0.25) is 0 Å². The van der Waals surface area contributed by atoms with E-state index in [1.807, 2.05) is 54.6 Å². The molecule has 4 rings (SSSR count). The first-order valence-corrected chi connectivity index (χ1v) is 8.76. The molecule has 0 atom stereocenters. The second-order valence-electron chi connectivity index (χ2n) is 6.19. The molecule has 1 aliphatic rings. The van der Waals surface area contributed by atoms with E-state index in [1.54, 1.807) is 25.3 Å². The van der Waals surface area contributed by atoms with Gasteiger partial charge in [0.05, 0.1) is 12.8 Å². The predicted molar refractivity (Wildman–Crippen MR) is 108 cm³/mol. The number of rotatable bonds is 4. The molecule has 0 unspecified atom stereocenters. The zero-order chi connectivity index (χ0) is 19.5. The summed E-state index contributed by atoms with van der Waals surface area (Å²) >= 11 is 0. The van der Waals surface area contributed by atoms with E-state index < -0.39 is 5.82 Å². The van der Waals surface area contributed by atoms with Crippen molar-refractivity contribution < 1.29 is 13.9 Å². The monoisotopic (exact) mass is 372 g/mol. The fourth-order valence-electron chi connectivity index (χ4n) is 3.01. The number of methoxy groups -OCH3 is 1. The molecular formula is C23H17FN2O2. The third-order valence-corrected chi connectivity index (χ3v) is 4.42. The molecule has 0 fully saturated rings. The van der Waals surface area contributed by atoms with Gasteiger partial charge in [0.2, 0.25) is 0 Å². The van der Waals surface area contributed by atoms with Crippen molar-refractivity contribution in [3.05, 3.63) is 102 Å². The molecule has 1 amide bonds. The molecule has 1 aliphatic heterocycles. The second kappa shape index (κ2) is 7.48. The second-order valence-corrected chi connectivity index (χ2v) is 6.19. The first-order chi connectivity index (χ1) is 13.7. The molecule has 0 N–H and O–H groups in total. The Morgan fingerprint density at radius 1 is 0.929 bits per heavy atom. The van der Waals surface area contributed by atoms with Crippen LogP contribution in [0.25, 0.3) is 6.08 Å². The molecule has 3 aromatic carbocycles. The van der Waals surface area contributed by atoms with E-state index >= 15 is 0 Å².